The molecule has 5 nitrogen and oxygen atoms in total. The molecule has 0 unspecified atom stereocenters. The summed E-state index contributed by atoms with van der Waals surface area (Å²) in [6, 6.07) is 5.90. The summed E-state index contributed by atoms with van der Waals surface area (Å²) in [5, 5.41) is 5.06. The number of nitrogens with one attached hydrogen (secondary N) is 2. The molecule has 1 aliphatic rings. The van der Waals surface area contributed by atoms with Crippen molar-refractivity contribution < 1.29 is 14.4 Å². The second-order valence-electron chi connectivity index (χ2n) is 5.31. The fourth-order valence-electron chi connectivity index (χ4n) is 2.28. The predicted molar refractivity (Wildman–Crippen MR) is 81.2 cm³/mol. The zero-order chi connectivity index (χ0) is 15.4. The van der Waals surface area contributed by atoms with Gasteiger partial charge in [0.1, 0.15) is 0 Å². The molecule has 6 heteroatoms. The number of amides is 3. The van der Waals surface area contributed by atoms with Crippen LogP contribution in [0.5, 0.6) is 0 Å². The normalized spacial score (nSPS) is 15.7. The fraction of sp³-hybridized carbons (Fsp3) is 0.400. The first kappa shape index (κ1) is 15.7. The lowest BCUT2D eigenvalue weighted by molar-refractivity contribution is -0.135. The molecule has 1 aromatic rings. The zero-order valence-electron chi connectivity index (χ0n) is 11.7. The molecule has 2 rings (SSSR count). The Morgan fingerprint density at radius 3 is 2.62 bits per heavy atom. The van der Waals surface area contributed by atoms with Crippen molar-refractivity contribution in [3.8, 4) is 0 Å². The lowest BCUT2D eigenvalue weighted by Gasteiger charge is -2.20. The quantitative estimate of drug-likeness (QED) is 0.811. The molecule has 0 spiro atoms. The third kappa shape index (κ3) is 4.67. The van der Waals surface area contributed by atoms with Gasteiger partial charge in [0.05, 0.1) is 0 Å². The molecule has 1 saturated heterocycles. The molecule has 3 amide bonds. The van der Waals surface area contributed by atoms with E-state index in [4.69, 9.17) is 0 Å². The Balaban J connectivity index is 1.83. The number of carbonyl (C=O) groups excluding carboxylic acids is 3. The smallest absolute Gasteiger partial charge is 0.226 e. The van der Waals surface area contributed by atoms with E-state index in [1.807, 2.05) is 25.1 Å². The summed E-state index contributed by atoms with van der Waals surface area (Å²) in [6.07, 6.45) is 0.663. The molecule has 1 aliphatic heterocycles. The second kappa shape index (κ2) is 6.85. The molecule has 112 valence electrons. The van der Waals surface area contributed by atoms with Crippen LogP contribution < -0.4 is 10.6 Å². The first-order valence-corrected chi connectivity index (χ1v) is 7.57. The first-order valence-electron chi connectivity index (χ1n) is 6.78. The van der Waals surface area contributed by atoms with Crippen LogP contribution in [0.2, 0.25) is 0 Å². The Morgan fingerprint density at radius 2 is 2.00 bits per heavy atom. The minimum atomic E-state index is -0.300. The molecular weight excluding hydrogens is 336 g/mol. The number of hydrogen-bond donors (Lipinski definition) is 2. The van der Waals surface area contributed by atoms with Crippen molar-refractivity contribution in [3.63, 3.8) is 0 Å². The van der Waals surface area contributed by atoms with Gasteiger partial charge in [-0.05, 0) is 30.0 Å². The van der Waals surface area contributed by atoms with E-state index in [0.29, 0.717) is 6.54 Å². The van der Waals surface area contributed by atoms with Crippen molar-refractivity contribution in [1.29, 1.82) is 0 Å². The van der Waals surface area contributed by atoms with E-state index < -0.39 is 0 Å². The molecule has 1 heterocycles. The van der Waals surface area contributed by atoms with Gasteiger partial charge in [0.2, 0.25) is 17.7 Å². The van der Waals surface area contributed by atoms with Crippen molar-refractivity contribution in [3.05, 3.63) is 33.8 Å². The summed E-state index contributed by atoms with van der Waals surface area (Å²) in [5.74, 6) is -0.937. The molecule has 0 atom stereocenters. The van der Waals surface area contributed by atoms with Crippen LogP contribution in [-0.2, 0) is 20.9 Å². The number of halogens is 1. The zero-order valence-corrected chi connectivity index (χ0v) is 13.3. The summed E-state index contributed by atoms with van der Waals surface area (Å²) in [4.78, 5) is 34.4. The lowest BCUT2D eigenvalue weighted by Crippen LogP contribution is -2.40. The topological polar surface area (TPSA) is 75.3 Å². The highest BCUT2D eigenvalue weighted by atomic mass is 79.9. The Labute approximate surface area is 131 Å². The Kier molecular flexibility index (Phi) is 5.12. The molecule has 0 saturated carbocycles. The maximum absolute atomic E-state index is 11.9. The fourth-order valence-corrected chi connectivity index (χ4v) is 2.71. The average Bonchev–Trinajstić information content (AvgIpc) is 2.39. The van der Waals surface area contributed by atoms with Crippen LogP contribution in [0.4, 0.5) is 0 Å². The van der Waals surface area contributed by atoms with Crippen LogP contribution in [0.1, 0.15) is 30.4 Å². The van der Waals surface area contributed by atoms with E-state index in [1.54, 1.807) is 0 Å². The minimum Gasteiger partial charge on any atom is -0.352 e. The van der Waals surface area contributed by atoms with E-state index in [2.05, 4.69) is 26.6 Å². The van der Waals surface area contributed by atoms with Crippen molar-refractivity contribution in [2.75, 3.05) is 0 Å². The number of carbonyl (C=O) groups is 3. The van der Waals surface area contributed by atoms with E-state index in [1.165, 1.54) is 0 Å². The summed E-state index contributed by atoms with van der Waals surface area (Å²) in [5.41, 5.74) is 2.13. The van der Waals surface area contributed by atoms with Gasteiger partial charge in [0, 0.05) is 30.3 Å². The Morgan fingerprint density at radius 1 is 1.33 bits per heavy atom. The van der Waals surface area contributed by atoms with Crippen molar-refractivity contribution in [1.82, 2.24) is 10.6 Å². The maximum atomic E-state index is 11.9. The van der Waals surface area contributed by atoms with Crippen molar-refractivity contribution in [2.24, 2.45) is 5.92 Å². The maximum Gasteiger partial charge on any atom is 0.226 e. The molecule has 0 aromatic heterocycles. The number of aryl methyl sites for hydroxylation is 1. The number of rotatable bonds is 4. The first-order chi connectivity index (χ1) is 9.94. The third-order valence-electron chi connectivity index (χ3n) is 3.43. The van der Waals surface area contributed by atoms with Crippen LogP contribution >= 0.6 is 15.9 Å². The van der Waals surface area contributed by atoms with Gasteiger partial charge in [0.15, 0.2) is 0 Å². The monoisotopic (exact) mass is 352 g/mol. The Bertz CT molecular complexity index is 570. The van der Waals surface area contributed by atoms with E-state index in [9.17, 15) is 14.4 Å². The summed E-state index contributed by atoms with van der Waals surface area (Å²) < 4.78 is 1.00. The Hall–Kier alpha value is -1.69. The van der Waals surface area contributed by atoms with Gasteiger partial charge < -0.3 is 5.32 Å². The van der Waals surface area contributed by atoms with E-state index in [-0.39, 0.29) is 42.9 Å². The highest BCUT2D eigenvalue weighted by Crippen LogP contribution is 2.19. The third-order valence-corrected chi connectivity index (χ3v) is 4.28. The largest absolute Gasteiger partial charge is 0.352 e. The molecule has 0 radical (unpaired) electrons. The number of piperidine rings is 1. The van der Waals surface area contributed by atoms with Crippen LogP contribution in [0.15, 0.2) is 22.7 Å². The molecule has 1 fully saturated rings. The highest BCUT2D eigenvalue weighted by molar-refractivity contribution is 9.10. The number of benzene rings is 1. The molecule has 0 aliphatic carbocycles. The molecule has 2 N–H and O–H groups in total. The highest BCUT2D eigenvalue weighted by Gasteiger charge is 2.26. The molecule has 0 bridgehead atoms. The van der Waals surface area contributed by atoms with Gasteiger partial charge >= 0.3 is 0 Å². The van der Waals surface area contributed by atoms with Gasteiger partial charge in [-0.3, -0.25) is 19.7 Å². The van der Waals surface area contributed by atoms with Gasteiger partial charge in [-0.15, -0.1) is 0 Å². The summed E-state index contributed by atoms with van der Waals surface area (Å²) >= 11 is 3.45. The lowest BCUT2D eigenvalue weighted by atomic mass is 9.93. The minimum absolute atomic E-state index is 0.140. The van der Waals surface area contributed by atoms with Crippen LogP contribution in [-0.4, -0.2) is 17.7 Å². The number of hydrogen-bond acceptors (Lipinski definition) is 3. The van der Waals surface area contributed by atoms with Crippen molar-refractivity contribution >= 4 is 33.7 Å². The summed E-state index contributed by atoms with van der Waals surface area (Å²) in [7, 11) is 0. The van der Waals surface area contributed by atoms with E-state index in [0.717, 1.165) is 15.6 Å². The average molecular weight is 353 g/mol. The molecule has 1 aromatic carbocycles. The molecular formula is C15H17BrN2O3. The van der Waals surface area contributed by atoms with Gasteiger partial charge in [-0.25, -0.2) is 0 Å². The standard InChI is InChI=1S/C15H17BrN2O3/c1-9-2-3-10(4-12(9)16)8-17-13(19)5-11-6-14(20)18-15(21)7-11/h2-4,11H,5-8H2,1H3,(H,17,19)(H,18,20,21). The SMILES string of the molecule is Cc1ccc(CNC(=O)CC2CC(=O)NC(=O)C2)cc1Br. The van der Waals surface area contributed by atoms with Crippen LogP contribution in [0, 0.1) is 12.8 Å². The second-order valence-corrected chi connectivity index (χ2v) is 6.16. The molecule has 21 heavy (non-hydrogen) atoms. The van der Waals surface area contributed by atoms with Gasteiger partial charge in [-0.1, -0.05) is 28.1 Å². The summed E-state index contributed by atoms with van der Waals surface area (Å²) in [6.45, 7) is 2.43. The van der Waals surface area contributed by atoms with Crippen LogP contribution in [0.25, 0.3) is 0 Å². The van der Waals surface area contributed by atoms with Crippen LogP contribution in [0.3, 0.4) is 0 Å². The van der Waals surface area contributed by atoms with Crippen molar-refractivity contribution in [2.45, 2.75) is 32.7 Å². The van der Waals surface area contributed by atoms with E-state index >= 15 is 0 Å². The van der Waals surface area contributed by atoms with Gasteiger partial charge in [0.25, 0.3) is 0 Å². The predicted octanol–water partition coefficient (Wildman–Crippen LogP) is 1.82. The van der Waals surface area contributed by atoms with Gasteiger partial charge in [-0.2, -0.15) is 0 Å². The number of imide groups is 1.